The van der Waals surface area contributed by atoms with Crippen molar-refractivity contribution < 1.29 is 21.8 Å². The quantitative estimate of drug-likeness (QED) is 0.136. The molecule has 3 aromatic carbocycles. The SMILES string of the molecule is [2H]C1C=CN(c2ccc3c(C4CCN(CC5(F)CCN(C(=O)c6ccc(C7CN(c8cc(-c9ccccc9O)nnc8N)CCO7)c(C)c6)CC5)CC4)cn(C4CCC4)c3c2)[C@@H]([2H])N1. The predicted octanol–water partition coefficient (Wildman–Crippen LogP) is 7.70. The topological polar surface area (TPSA) is 128 Å². The number of rotatable bonds is 9. The number of carbonyl (C=O) groups excluding carboxylic acids is 1. The van der Waals surface area contributed by atoms with E-state index in [1.165, 1.54) is 35.7 Å². The van der Waals surface area contributed by atoms with Crippen LogP contribution in [0.25, 0.3) is 22.2 Å². The number of para-hydroxylation sites is 1. The molecular weight excluding hydrogens is 782 g/mol. The van der Waals surface area contributed by atoms with Crippen LogP contribution < -0.4 is 20.9 Å². The standard InChI is InChI=1S/C49H58FN9O3/c1-33-26-35(10-12-38(33)46-30-57(24-25-62-46)44-28-42(53-54-47(44)51)40-8-2-3-9-45(40)60)48(61)56-22-16-49(50,17-23-56)31-55-20-14-34(15-21-55)41-29-59(36-6-4-7-36)43-27-37(11-13-39(41)43)58-19-5-18-52-32-58/h2-3,5,8-13,19,26-29,34,36,46,52,60H,4,6-7,14-18,20-25,30-32H2,1H3,(H2,51,54)/i18D,32D/t18?,32-,46?/m0/s1. The molecule has 5 aliphatic rings. The van der Waals surface area contributed by atoms with Crippen LogP contribution in [0.1, 0.15) is 92.8 Å². The first-order valence-corrected chi connectivity index (χ1v) is 22.3. The number of carbonyl (C=O) groups is 1. The van der Waals surface area contributed by atoms with Crippen molar-refractivity contribution in [3.8, 4) is 17.0 Å². The Morgan fingerprint density at radius 2 is 1.82 bits per heavy atom. The highest BCUT2D eigenvalue weighted by Crippen LogP contribution is 2.42. The number of morpholine rings is 1. The van der Waals surface area contributed by atoms with E-state index in [2.05, 4.69) is 54.3 Å². The molecule has 1 aliphatic carbocycles. The molecule has 3 atom stereocenters. The van der Waals surface area contributed by atoms with Crippen molar-refractivity contribution in [2.75, 3.05) is 81.1 Å². The van der Waals surface area contributed by atoms with E-state index in [0.717, 1.165) is 48.4 Å². The molecule has 2 unspecified atom stereocenters. The van der Waals surface area contributed by atoms with Gasteiger partial charge in [0.1, 0.15) is 17.5 Å². The molecule has 6 heterocycles. The number of hydrogen-bond donors (Lipinski definition) is 3. The average molecular weight is 842 g/mol. The predicted molar refractivity (Wildman–Crippen MR) is 242 cm³/mol. The van der Waals surface area contributed by atoms with Crippen molar-refractivity contribution in [2.45, 2.75) is 75.6 Å². The molecule has 12 nitrogen and oxygen atoms in total. The minimum atomic E-state index is -1.34. The molecule has 4 fully saturated rings. The Balaban J connectivity index is 0.742. The van der Waals surface area contributed by atoms with Crippen LogP contribution in [0.15, 0.2) is 85.2 Å². The van der Waals surface area contributed by atoms with Crippen molar-refractivity contribution in [2.24, 2.45) is 0 Å². The number of anilines is 3. The van der Waals surface area contributed by atoms with Crippen molar-refractivity contribution in [3.63, 3.8) is 0 Å². The molecule has 0 radical (unpaired) electrons. The number of nitrogens with one attached hydrogen (secondary N) is 1. The maximum atomic E-state index is 16.6. The highest BCUT2D eigenvalue weighted by atomic mass is 19.1. The number of ether oxygens (including phenoxy) is 1. The van der Waals surface area contributed by atoms with Gasteiger partial charge in [-0.15, -0.1) is 10.2 Å². The third-order valence-electron chi connectivity index (χ3n) is 14.0. The summed E-state index contributed by atoms with van der Waals surface area (Å²) in [5, 5.41) is 23.1. The number of benzene rings is 3. The number of phenols is 1. The van der Waals surface area contributed by atoms with Crippen molar-refractivity contribution >= 4 is 34.0 Å². The molecule has 0 bridgehead atoms. The summed E-state index contributed by atoms with van der Waals surface area (Å²) in [5.74, 6) is 0.739. The van der Waals surface area contributed by atoms with Crippen LogP contribution in [0.2, 0.25) is 0 Å². The molecule has 62 heavy (non-hydrogen) atoms. The molecule has 4 N–H and O–H groups in total. The molecule has 10 rings (SSSR count). The molecule has 0 spiro atoms. The van der Waals surface area contributed by atoms with Gasteiger partial charge >= 0.3 is 0 Å². The number of fused-ring (bicyclic) bond motifs is 1. The van der Waals surface area contributed by atoms with Crippen molar-refractivity contribution in [3.05, 3.63) is 107 Å². The van der Waals surface area contributed by atoms with Gasteiger partial charge in [-0.2, -0.15) is 0 Å². The van der Waals surface area contributed by atoms with E-state index in [-0.39, 0.29) is 17.8 Å². The molecule has 13 heteroatoms. The smallest absolute Gasteiger partial charge is 0.253 e. The van der Waals surface area contributed by atoms with Gasteiger partial charge in [0, 0.05) is 94.1 Å². The first kappa shape index (κ1) is 38.2. The highest BCUT2D eigenvalue weighted by Gasteiger charge is 2.39. The maximum absolute atomic E-state index is 16.6. The summed E-state index contributed by atoms with van der Waals surface area (Å²) in [6, 6.07) is 21.6. The molecule has 4 aliphatic heterocycles. The number of hydrogen-bond acceptors (Lipinski definition) is 10. The van der Waals surface area contributed by atoms with Gasteiger partial charge in [0.15, 0.2) is 5.82 Å². The van der Waals surface area contributed by atoms with E-state index in [0.29, 0.717) is 86.8 Å². The van der Waals surface area contributed by atoms with Crippen LogP contribution >= 0.6 is 0 Å². The van der Waals surface area contributed by atoms with E-state index >= 15 is 4.39 Å². The minimum absolute atomic E-state index is 0.0747. The lowest BCUT2D eigenvalue weighted by Crippen LogP contribution is -2.51. The van der Waals surface area contributed by atoms with Gasteiger partial charge in [0.25, 0.3) is 5.91 Å². The number of nitrogen functional groups attached to an aromatic ring is 1. The number of nitrogens with two attached hydrogens (primary N) is 1. The van der Waals surface area contributed by atoms with Gasteiger partial charge in [-0.3, -0.25) is 10.1 Å². The van der Waals surface area contributed by atoms with Crippen LogP contribution in [-0.2, 0) is 4.74 Å². The number of piperidine rings is 2. The van der Waals surface area contributed by atoms with Crippen LogP contribution in [0.3, 0.4) is 0 Å². The zero-order chi connectivity index (χ0) is 44.1. The molecule has 1 amide bonds. The number of amides is 1. The number of aromatic nitrogens is 3. The second-order valence-electron chi connectivity index (χ2n) is 17.9. The highest BCUT2D eigenvalue weighted by molar-refractivity contribution is 5.94. The van der Waals surface area contributed by atoms with Gasteiger partial charge in [0.2, 0.25) is 0 Å². The third kappa shape index (κ3) is 8.02. The summed E-state index contributed by atoms with van der Waals surface area (Å²) < 4.78 is 41.8. The number of alkyl halides is 1. The Morgan fingerprint density at radius 3 is 2.58 bits per heavy atom. The van der Waals surface area contributed by atoms with Gasteiger partial charge < -0.3 is 39.7 Å². The zero-order valence-corrected chi connectivity index (χ0v) is 35.4. The normalized spacial score (nSPS) is 24.2. The number of aromatic hydroxyl groups is 1. The second kappa shape index (κ2) is 17.0. The lowest BCUT2D eigenvalue weighted by Gasteiger charge is -2.41. The Bertz CT molecular complexity index is 2550. The fraction of sp³-hybridized carbons (Fsp3) is 0.449. The Morgan fingerprint density at radius 1 is 1.00 bits per heavy atom. The van der Waals surface area contributed by atoms with Crippen LogP contribution in [0, 0.1) is 6.92 Å². The van der Waals surface area contributed by atoms with Crippen molar-refractivity contribution in [1.29, 1.82) is 0 Å². The summed E-state index contributed by atoms with van der Waals surface area (Å²) in [7, 11) is 0. The first-order valence-electron chi connectivity index (χ1n) is 23.5. The minimum Gasteiger partial charge on any atom is -0.507 e. The van der Waals surface area contributed by atoms with E-state index < -0.39 is 18.8 Å². The molecule has 324 valence electrons. The summed E-state index contributed by atoms with van der Waals surface area (Å²) >= 11 is 0. The monoisotopic (exact) mass is 841 g/mol. The Labute approximate surface area is 365 Å². The van der Waals surface area contributed by atoms with Crippen molar-refractivity contribution in [1.82, 2.24) is 29.9 Å². The summed E-state index contributed by atoms with van der Waals surface area (Å²) in [5.41, 5.74) is 12.9. The Kier molecular flexibility index (Phi) is 10.5. The van der Waals surface area contributed by atoms with E-state index in [9.17, 15) is 9.90 Å². The fourth-order valence-electron chi connectivity index (χ4n) is 10.2. The molecule has 5 aromatic rings. The third-order valence-corrected chi connectivity index (χ3v) is 14.0. The number of likely N-dealkylation sites (tertiary alicyclic amines) is 2. The van der Waals surface area contributed by atoms with Crippen LogP contribution in [0.5, 0.6) is 5.75 Å². The van der Waals surface area contributed by atoms with E-state index in [1.807, 2.05) is 48.4 Å². The van der Waals surface area contributed by atoms with E-state index in [1.54, 1.807) is 29.2 Å². The number of phenolic OH excluding ortho intramolecular Hbond substituents is 1. The average Bonchev–Trinajstić information content (AvgIpc) is 3.64. The second-order valence-corrected chi connectivity index (χ2v) is 17.9. The lowest BCUT2D eigenvalue weighted by molar-refractivity contribution is 0.0176. The maximum Gasteiger partial charge on any atom is 0.253 e. The first-order chi connectivity index (χ1) is 31.0. The lowest BCUT2D eigenvalue weighted by atomic mass is 9.87. The number of nitrogens with zero attached hydrogens (tertiary/aromatic N) is 7. The van der Waals surface area contributed by atoms with Crippen LogP contribution in [-0.4, -0.2) is 107 Å². The van der Waals surface area contributed by atoms with Gasteiger partial charge in [0.05, 0.1) is 31.5 Å². The fourth-order valence-corrected chi connectivity index (χ4v) is 10.2. The largest absolute Gasteiger partial charge is 0.507 e. The molecule has 2 aromatic heterocycles. The van der Waals surface area contributed by atoms with E-state index in [4.69, 9.17) is 13.2 Å². The Hall–Kier alpha value is -5.50. The van der Waals surface area contributed by atoms with Gasteiger partial charge in [-0.1, -0.05) is 30.3 Å². The zero-order valence-electron chi connectivity index (χ0n) is 37.4. The summed E-state index contributed by atoms with van der Waals surface area (Å²) in [6.07, 6.45) is 11.9. The molecular formula is C49H58FN9O3. The van der Waals surface area contributed by atoms with Gasteiger partial charge in [-0.25, -0.2) is 4.39 Å². The molecule has 1 saturated carbocycles. The number of aryl methyl sites for hydroxylation is 1. The number of halogens is 1. The van der Waals surface area contributed by atoms with Crippen LogP contribution in [0.4, 0.5) is 21.6 Å². The molecule has 3 saturated heterocycles. The van der Waals surface area contributed by atoms with Gasteiger partial charge in [-0.05, 0) is 117 Å². The summed E-state index contributed by atoms with van der Waals surface area (Å²) in [6.45, 7) is 5.16. The summed E-state index contributed by atoms with van der Waals surface area (Å²) in [4.78, 5) is 21.9.